The highest BCUT2D eigenvalue weighted by Gasteiger charge is 2.11. The van der Waals surface area contributed by atoms with Crippen LogP contribution in [0.2, 0.25) is 5.02 Å². The van der Waals surface area contributed by atoms with E-state index in [1.807, 2.05) is 6.92 Å². The molecule has 0 unspecified atom stereocenters. The maximum Gasteiger partial charge on any atom is 0.274 e. The Hall–Kier alpha value is -3.85. The number of aryl methyl sites for hydroxylation is 1. The summed E-state index contributed by atoms with van der Waals surface area (Å²) in [4.78, 5) is 33.5. The van der Waals surface area contributed by atoms with Gasteiger partial charge in [0.05, 0.1) is 11.4 Å². The molecule has 10 heteroatoms. The molecule has 2 heterocycles. The summed E-state index contributed by atoms with van der Waals surface area (Å²) in [5.74, 6) is 0.944. The van der Waals surface area contributed by atoms with Crippen molar-refractivity contribution < 1.29 is 14.3 Å². The van der Waals surface area contributed by atoms with Crippen molar-refractivity contribution in [2.45, 2.75) is 26.5 Å². The smallest absolute Gasteiger partial charge is 0.274 e. The third-order valence-corrected chi connectivity index (χ3v) is 4.92. The van der Waals surface area contributed by atoms with E-state index >= 15 is 0 Å². The Morgan fingerprint density at radius 1 is 1.12 bits per heavy atom. The molecular formula is C23H22ClN5O4. The second-order valence-corrected chi connectivity index (χ2v) is 7.62. The molecule has 0 bridgehead atoms. The van der Waals surface area contributed by atoms with E-state index < -0.39 is 0 Å². The minimum absolute atomic E-state index is 0.0422. The fraction of sp³-hybridized carbons (Fsp3) is 0.217. The fourth-order valence-electron chi connectivity index (χ4n) is 3.18. The molecule has 4 rings (SSSR count). The minimum Gasteiger partial charge on any atom is -0.485 e. The number of anilines is 1. The first kappa shape index (κ1) is 22.3. The maximum atomic E-state index is 12.5. The molecule has 2 aromatic heterocycles. The number of para-hydroxylation sites is 2. The first-order valence-electron chi connectivity index (χ1n) is 10.4. The lowest BCUT2D eigenvalue weighted by Gasteiger charge is -2.13. The van der Waals surface area contributed by atoms with Crippen LogP contribution in [0, 0.1) is 0 Å². The van der Waals surface area contributed by atoms with Crippen molar-refractivity contribution in [3.05, 3.63) is 82.0 Å². The summed E-state index contributed by atoms with van der Waals surface area (Å²) in [6, 6.07) is 15.2. The Balaban J connectivity index is 1.41. The van der Waals surface area contributed by atoms with E-state index in [9.17, 15) is 9.59 Å². The Kier molecular flexibility index (Phi) is 6.89. The first-order valence-corrected chi connectivity index (χ1v) is 10.8. The molecule has 0 fully saturated rings. The van der Waals surface area contributed by atoms with Gasteiger partial charge in [-0.2, -0.15) is 9.50 Å². The molecule has 0 saturated carbocycles. The van der Waals surface area contributed by atoms with E-state index in [0.717, 1.165) is 6.42 Å². The fourth-order valence-corrected chi connectivity index (χ4v) is 3.31. The van der Waals surface area contributed by atoms with E-state index in [4.69, 9.17) is 21.1 Å². The number of ether oxygens (including phenoxy) is 2. The lowest BCUT2D eigenvalue weighted by Crippen LogP contribution is -2.22. The zero-order chi connectivity index (χ0) is 23.2. The largest absolute Gasteiger partial charge is 0.485 e. The van der Waals surface area contributed by atoms with Crippen LogP contribution in [0.1, 0.15) is 19.0 Å². The number of aromatic nitrogens is 4. The predicted octanol–water partition coefficient (Wildman–Crippen LogP) is 3.55. The highest BCUT2D eigenvalue weighted by molar-refractivity contribution is 6.30. The quantitative estimate of drug-likeness (QED) is 0.404. The van der Waals surface area contributed by atoms with Crippen LogP contribution >= 0.6 is 11.6 Å². The molecule has 1 amide bonds. The van der Waals surface area contributed by atoms with E-state index in [-0.39, 0.29) is 24.7 Å². The van der Waals surface area contributed by atoms with Gasteiger partial charge in [0.1, 0.15) is 24.4 Å². The number of amides is 1. The van der Waals surface area contributed by atoms with Crippen molar-refractivity contribution in [3.63, 3.8) is 0 Å². The summed E-state index contributed by atoms with van der Waals surface area (Å²) < 4.78 is 14.5. The molecule has 0 aliphatic heterocycles. The number of halogens is 1. The van der Waals surface area contributed by atoms with Crippen molar-refractivity contribution in [2.24, 2.45) is 0 Å². The minimum atomic E-state index is -0.347. The first-order chi connectivity index (χ1) is 16.0. The number of rotatable bonds is 9. The van der Waals surface area contributed by atoms with Crippen molar-refractivity contribution in [2.75, 3.05) is 11.9 Å². The summed E-state index contributed by atoms with van der Waals surface area (Å²) in [5.41, 5.74) is 0.687. The highest BCUT2D eigenvalue weighted by Crippen LogP contribution is 2.24. The number of hydrogen-bond acceptors (Lipinski definition) is 6. The van der Waals surface area contributed by atoms with Crippen molar-refractivity contribution in [1.82, 2.24) is 19.2 Å². The van der Waals surface area contributed by atoms with Gasteiger partial charge in [-0.1, -0.05) is 30.7 Å². The van der Waals surface area contributed by atoms with Crippen LogP contribution in [0.25, 0.3) is 5.78 Å². The molecule has 0 saturated heterocycles. The average Bonchev–Trinajstić information content (AvgIpc) is 3.22. The van der Waals surface area contributed by atoms with E-state index in [0.29, 0.717) is 40.2 Å². The third kappa shape index (κ3) is 5.50. The van der Waals surface area contributed by atoms with Crippen LogP contribution in [0.4, 0.5) is 5.69 Å². The third-order valence-electron chi connectivity index (χ3n) is 4.67. The Labute approximate surface area is 194 Å². The molecule has 0 aliphatic rings. The monoisotopic (exact) mass is 467 g/mol. The summed E-state index contributed by atoms with van der Waals surface area (Å²) in [6.07, 6.45) is 2.46. The lowest BCUT2D eigenvalue weighted by atomic mass is 10.3. The van der Waals surface area contributed by atoms with Crippen molar-refractivity contribution >= 4 is 29.0 Å². The van der Waals surface area contributed by atoms with Gasteiger partial charge in [0.2, 0.25) is 0 Å². The molecular weight excluding hydrogens is 446 g/mol. The summed E-state index contributed by atoms with van der Waals surface area (Å²) in [7, 11) is 0. The van der Waals surface area contributed by atoms with Gasteiger partial charge in [0.15, 0.2) is 6.61 Å². The van der Waals surface area contributed by atoms with Crippen LogP contribution in [0.3, 0.4) is 0 Å². The summed E-state index contributed by atoms with van der Waals surface area (Å²) in [5, 5.41) is 3.36. The van der Waals surface area contributed by atoms with Gasteiger partial charge in [-0.05, 0) is 42.8 Å². The molecule has 170 valence electrons. The number of carbonyl (C=O) groups excluding carboxylic acids is 1. The number of nitrogens with one attached hydrogen (secondary N) is 1. The van der Waals surface area contributed by atoms with E-state index in [1.54, 1.807) is 59.5 Å². The number of hydrogen-bond donors (Lipinski definition) is 1. The molecule has 4 aromatic rings. The molecule has 0 atom stereocenters. The van der Waals surface area contributed by atoms with E-state index in [2.05, 4.69) is 15.3 Å². The number of carbonyl (C=O) groups is 1. The highest BCUT2D eigenvalue weighted by atomic mass is 35.5. The molecule has 2 aromatic carbocycles. The SMILES string of the molecule is CCCn1cnc2nc(COc3ccccc3NC(=O)COc3ccc(Cl)cc3)cc(=O)n21. The lowest BCUT2D eigenvalue weighted by molar-refractivity contribution is -0.118. The average molecular weight is 468 g/mol. The van der Waals surface area contributed by atoms with Gasteiger partial charge in [-0.25, -0.2) is 4.98 Å². The zero-order valence-electron chi connectivity index (χ0n) is 17.9. The van der Waals surface area contributed by atoms with Crippen molar-refractivity contribution in [3.8, 4) is 11.5 Å². The molecule has 33 heavy (non-hydrogen) atoms. The zero-order valence-corrected chi connectivity index (χ0v) is 18.7. The standard InChI is InChI=1S/C23H22ClN5O4/c1-2-11-28-15-25-23-26-17(12-22(31)29(23)28)13-33-20-6-4-3-5-19(20)27-21(30)14-32-18-9-7-16(24)8-10-18/h3-10,12,15H,2,11,13-14H2,1H3,(H,27,30). The predicted molar refractivity (Wildman–Crippen MR) is 124 cm³/mol. The van der Waals surface area contributed by atoms with Crippen LogP contribution in [-0.4, -0.2) is 31.7 Å². The maximum absolute atomic E-state index is 12.5. The summed E-state index contributed by atoms with van der Waals surface area (Å²) in [6.45, 7) is 2.56. The van der Waals surface area contributed by atoms with Crippen molar-refractivity contribution in [1.29, 1.82) is 0 Å². The van der Waals surface area contributed by atoms with Gasteiger partial charge >= 0.3 is 0 Å². The molecule has 9 nitrogen and oxygen atoms in total. The van der Waals surface area contributed by atoms with Gasteiger partial charge in [0, 0.05) is 17.6 Å². The number of benzene rings is 2. The number of fused-ring (bicyclic) bond motifs is 1. The van der Waals surface area contributed by atoms with Crippen LogP contribution in [0.5, 0.6) is 11.5 Å². The molecule has 1 N–H and O–H groups in total. The van der Waals surface area contributed by atoms with Crippen LogP contribution < -0.4 is 20.3 Å². The Morgan fingerprint density at radius 2 is 1.91 bits per heavy atom. The van der Waals surface area contributed by atoms with Crippen LogP contribution in [-0.2, 0) is 17.9 Å². The topological polar surface area (TPSA) is 99.8 Å². The molecule has 0 spiro atoms. The van der Waals surface area contributed by atoms with Gasteiger partial charge in [-0.3, -0.25) is 14.3 Å². The van der Waals surface area contributed by atoms with E-state index in [1.165, 1.54) is 10.6 Å². The normalized spacial score (nSPS) is 10.8. The second-order valence-electron chi connectivity index (χ2n) is 7.18. The van der Waals surface area contributed by atoms with Gasteiger partial charge in [0.25, 0.3) is 17.2 Å². The number of nitrogens with zero attached hydrogens (tertiary/aromatic N) is 4. The molecule has 0 radical (unpaired) electrons. The Morgan fingerprint density at radius 3 is 2.70 bits per heavy atom. The Bertz CT molecular complexity index is 1320. The molecule has 0 aliphatic carbocycles. The summed E-state index contributed by atoms with van der Waals surface area (Å²) >= 11 is 5.85. The van der Waals surface area contributed by atoms with Crippen LogP contribution in [0.15, 0.2) is 65.7 Å². The van der Waals surface area contributed by atoms with Gasteiger partial charge in [-0.15, -0.1) is 0 Å². The van der Waals surface area contributed by atoms with Gasteiger partial charge < -0.3 is 14.8 Å². The second kappa shape index (κ2) is 10.2.